The van der Waals surface area contributed by atoms with Gasteiger partial charge in [0, 0.05) is 24.3 Å². The van der Waals surface area contributed by atoms with E-state index in [1.54, 1.807) is 6.08 Å². The van der Waals surface area contributed by atoms with Crippen molar-refractivity contribution in [2.75, 3.05) is 6.61 Å². The summed E-state index contributed by atoms with van der Waals surface area (Å²) in [6.45, 7) is 11.6. The van der Waals surface area contributed by atoms with Crippen molar-refractivity contribution in [1.29, 1.82) is 5.26 Å². The van der Waals surface area contributed by atoms with Gasteiger partial charge in [-0.3, -0.25) is 4.79 Å². The van der Waals surface area contributed by atoms with Crippen LogP contribution in [0.1, 0.15) is 38.4 Å². The fourth-order valence-electron chi connectivity index (χ4n) is 3.60. The van der Waals surface area contributed by atoms with Crippen LogP contribution >= 0.6 is 0 Å². The molecular weight excluding hydrogens is 416 g/mol. The number of nitrogens with one attached hydrogen (secondary N) is 1. The average molecular weight is 445 g/mol. The van der Waals surface area contributed by atoms with Crippen LogP contribution in [0.2, 0.25) is 0 Å². The Labute approximate surface area is 193 Å². The zero-order valence-electron chi connectivity index (χ0n) is 19.4. The summed E-state index contributed by atoms with van der Waals surface area (Å²) >= 11 is 0. The number of rotatable bonds is 7. The minimum Gasteiger partial charge on any atom is -0.396 e. The van der Waals surface area contributed by atoms with E-state index in [4.69, 9.17) is 0 Å². The number of hydrogen-bond acceptors (Lipinski definition) is 6. The molecule has 0 atom stereocenters. The molecule has 0 bridgehead atoms. The lowest BCUT2D eigenvalue weighted by Crippen LogP contribution is -2.41. The van der Waals surface area contributed by atoms with Crippen LogP contribution < -0.4 is 5.32 Å². The van der Waals surface area contributed by atoms with Gasteiger partial charge >= 0.3 is 0 Å². The van der Waals surface area contributed by atoms with Crippen molar-refractivity contribution < 1.29 is 9.90 Å². The molecule has 0 aliphatic carbocycles. The van der Waals surface area contributed by atoms with E-state index in [-0.39, 0.29) is 12.2 Å². The van der Waals surface area contributed by atoms with Crippen molar-refractivity contribution in [3.05, 3.63) is 47.4 Å². The Morgan fingerprint density at radius 3 is 2.58 bits per heavy atom. The van der Waals surface area contributed by atoms with E-state index in [0.29, 0.717) is 35.5 Å². The van der Waals surface area contributed by atoms with Crippen molar-refractivity contribution in [3.63, 3.8) is 0 Å². The highest BCUT2D eigenvalue weighted by molar-refractivity contribution is 6.08. The Hall–Kier alpha value is -3.83. The van der Waals surface area contributed by atoms with E-state index >= 15 is 0 Å². The van der Waals surface area contributed by atoms with Crippen molar-refractivity contribution >= 4 is 35.6 Å². The van der Waals surface area contributed by atoms with Crippen LogP contribution in [0.3, 0.4) is 0 Å². The Balaban J connectivity index is 2.39. The molecule has 0 saturated heterocycles. The van der Waals surface area contributed by atoms with Crippen molar-refractivity contribution in [3.8, 4) is 17.2 Å². The highest BCUT2D eigenvalue weighted by atomic mass is 16.3. The maximum Gasteiger partial charge on any atom is 0.262 e. The van der Waals surface area contributed by atoms with Gasteiger partial charge in [0.2, 0.25) is 0 Å². The van der Waals surface area contributed by atoms with Gasteiger partial charge in [-0.15, -0.1) is 0 Å². The second-order valence-electron chi connectivity index (χ2n) is 8.78. The summed E-state index contributed by atoms with van der Waals surface area (Å²) in [6.07, 6.45) is 3.45. The van der Waals surface area contributed by atoms with Crippen LogP contribution in [0.5, 0.6) is 0 Å². The van der Waals surface area contributed by atoms with Crippen LogP contribution in [0, 0.1) is 18.3 Å². The minimum atomic E-state index is -0.498. The number of hydrogen-bond donors (Lipinski definition) is 2. The number of aliphatic imine (C=N–C) groups is 1. The lowest BCUT2D eigenvalue weighted by atomic mass is 10.00. The number of benzene rings is 1. The number of nitrogens with zero attached hydrogens (tertiary/aromatic N) is 5. The third kappa shape index (κ3) is 5.16. The van der Waals surface area contributed by atoms with E-state index in [1.807, 2.05) is 62.6 Å². The molecule has 8 heteroatoms. The molecule has 33 heavy (non-hydrogen) atoms. The normalized spacial score (nSPS) is 11.9. The average Bonchev–Trinajstić information content (AvgIpc) is 3.08. The molecule has 2 N–H and O–H groups in total. The van der Waals surface area contributed by atoms with Crippen molar-refractivity contribution in [2.24, 2.45) is 4.99 Å². The Bertz CT molecular complexity index is 1260. The SMILES string of the molecule is C=Nc1ncnc2c1c(-c1ccc(C)cc1)c(/C=C(\C#N)C(=O)NC(C)(C)C)n2CCCO. The summed E-state index contributed by atoms with van der Waals surface area (Å²) in [5, 5.41) is 22.8. The molecule has 0 radical (unpaired) electrons. The van der Waals surface area contributed by atoms with Gasteiger partial charge < -0.3 is 15.0 Å². The number of amides is 1. The van der Waals surface area contributed by atoms with Gasteiger partial charge in [-0.05, 0) is 52.5 Å². The van der Waals surface area contributed by atoms with E-state index < -0.39 is 11.4 Å². The predicted molar refractivity (Wildman–Crippen MR) is 130 cm³/mol. The first-order valence-corrected chi connectivity index (χ1v) is 10.7. The third-order valence-corrected chi connectivity index (χ3v) is 5.02. The van der Waals surface area contributed by atoms with E-state index in [1.165, 1.54) is 6.33 Å². The number of aryl methyl sites for hydroxylation is 2. The maximum absolute atomic E-state index is 12.8. The molecule has 2 heterocycles. The maximum atomic E-state index is 12.8. The van der Waals surface area contributed by atoms with Gasteiger partial charge in [-0.2, -0.15) is 5.26 Å². The molecule has 1 amide bonds. The monoisotopic (exact) mass is 444 g/mol. The molecule has 0 aliphatic rings. The number of aliphatic hydroxyl groups excluding tert-OH is 1. The Morgan fingerprint density at radius 2 is 2.00 bits per heavy atom. The van der Waals surface area contributed by atoms with Crippen LogP contribution in [0.15, 0.2) is 41.2 Å². The number of carbonyl (C=O) groups excluding carboxylic acids is 1. The summed E-state index contributed by atoms with van der Waals surface area (Å²) in [6, 6.07) is 9.95. The zero-order chi connectivity index (χ0) is 24.2. The lowest BCUT2D eigenvalue weighted by Gasteiger charge is -2.20. The quantitative estimate of drug-likeness (QED) is 0.325. The van der Waals surface area contributed by atoms with E-state index in [9.17, 15) is 15.2 Å². The third-order valence-electron chi connectivity index (χ3n) is 5.02. The van der Waals surface area contributed by atoms with Gasteiger partial charge in [0.1, 0.15) is 23.6 Å². The van der Waals surface area contributed by atoms with Gasteiger partial charge in [0.15, 0.2) is 5.82 Å². The molecule has 3 aromatic rings. The Morgan fingerprint density at radius 1 is 1.30 bits per heavy atom. The highest BCUT2D eigenvalue weighted by Crippen LogP contribution is 2.39. The number of nitriles is 1. The largest absolute Gasteiger partial charge is 0.396 e. The van der Waals surface area contributed by atoms with Crippen LogP contribution in [0.4, 0.5) is 5.82 Å². The van der Waals surface area contributed by atoms with E-state index in [0.717, 1.165) is 16.7 Å². The summed E-state index contributed by atoms with van der Waals surface area (Å²) in [4.78, 5) is 25.7. The number of aliphatic hydroxyl groups is 1. The molecule has 0 unspecified atom stereocenters. The first-order valence-electron chi connectivity index (χ1n) is 10.7. The van der Waals surface area contributed by atoms with Gasteiger partial charge in [0.05, 0.1) is 11.1 Å². The molecule has 3 rings (SSSR count). The number of fused-ring (bicyclic) bond motifs is 1. The molecule has 0 fully saturated rings. The number of carbonyl (C=O) groups is 1. The molecule has 2 aromatic heterocycles. The number of aromatic nitrogens is 3. The van der Waals surface area contributed by atoms with E-state index in [2.05, 4.69) is 27.0 Å². The van der Waals surface area contributed by atoms with Crippen molar-refractivity contribution in [2.45, 2.75) is 46.2 Å². The topological polar surface area (TPSA) is 116 Å². The molecule has 8 nitrogen and oxygen atoms in total. The van der Waals surface area contributed by atoms with Crippen LogP contribution in [-0.2, 0) is 11.3 Å². The van der Waals surface area contributed by atoms with Gasteiger partial charge in [-0.1, -0.05) is 29.8 Å². The lowest BCUT2D eigenvalue weighted by molar-refractivity contribution is -0.118. The molecule has 0 saturated carbocycles. The smallest absolute Gasteiger partial charge is 0.262 e. The Kier molecular flexibility index (Phi) is 7.04. The molecule has 1 aromatic carbocycles. The zero-order valence-corrected chi connectivity index (χ0v) is 19.4. The fourth-order valence-corrected chi connectivity index (χ4v) is 3.60. The summed E-state index contributed by atoms with van der Waals surface area (Å²) in [5.41, 5.74) is 3.40. The predicted octanol–water partition coefficient (Wildman–Crippen LogP) is 3.94. The molecule has 170 valence electrons. The fraction of sp³-hybridized carbons (Fsp3) is 0.320. The summed E-state index contributed by atoms with van der Waals surface area (Å²) in [5.74, 6) is -0.0578. The molecular formula is C25H28N6O2. The standard InChI is InChI=1S/C25H28N6O2/c1-16-7-9-17(10-8-16)20-19(13-18(14-26)24(33)30-25(2,3)4)31(11-6-12-32)23-21(20)22(27-5)28-15-29-23/h7-10,13,15,32H,5-6,11-12H2,1-4H3,(H,30,33)/b18-13+. The minimum absolute atomic E-state index is 0.0179. The first-order chi connectivity index (χ1) is 15.7. The van der Waals surface area contributed by atoms with Gasteiger partial charge in [-0.25, -0.2) is 15.0 Å². The molecule has 0 aliphatic heterocycles. The molecule has 0 spiro atoms. The van der Waals surface area contributed by atoms with Crippen LogP contribution in [-0.4, -0.2) is 44.4 Å². The summed E-state index contributed by atoms with van der Waals surface area (Å²) in [7, 11) is 0. The second kappa shape index (κ2) is 9.76. The van der Waals surface area contributed by atoms with Gasteiger partial charge in [0.25, 0.3) is 5.91 Å². The second-order valence-corrected chi connectivity index (χ2v) is 8.78. The first kappa shape index (κ1) is 23.8. The summed E-state index contributed by atoms with van der Waals surface area (Å²) < 4.78 is 1.89. The van der Waals surface area contributed by atoms with Crippen LogP contribution in [0.25, 0.3) is 28.2 Å². The van der Waals surface area contributed by atoms with Crippen molar-refractivity contribution in [1.82, 2.24) is 19.9 Å². The highest BCUT2D eigenvalue weighted by Gasteiger charge is 2.24.